The summed E-state index contributed by atoms with van der Waals surface area (Å²) in [6, 6.07) is 23.8. The van der Waals surface area contributed by atoms with Crippen molar-refractivity contribution in [3.63, 3.8) is 0 Å². The number of rotatable bonds is 6. The number of aryl methyl sites for hydroxylation is 2. The number of aromatic nitrogens is 2. The number of amides is 2. The molecule has 36 heavy (non-hydrogen) atoms. The molecule has 1 aromatic heterocycles. The maximum absolute atomic E-state index is 13.7. The Hall–Kier alpha value is -3.93. The van der Waals surface area contributed by atoms with Crippen molar-refractivity contribution in [2.75, 3.05) is 16.3 Å². The Kier molecular flexibility index (Phi) is 6.35. The second-order valence-corrected chi connectivity index (χ2v) is 9.91. The summed E-state index contributed by atoms with van der Waals surface area (Å²) in [6.07, 6.45) is 0.372. The van der Waals surface area contributed by atoms with Crippen molar-refractivity contribution in [1.82, 2.24) is 9.55 Å². The van der Waals surface area contributed by atoms with E-state index in [1.54, 1.807) is 0 Å². The number of anilines is 2. The van der Waals surface area contributed by atoms with E-state index in [0.29, 0.717) is 13.0 Å². The summed E-state index contributed by atoms with van der Waals surface area (Å²) in [5, 5.41) is 0. The summed E-state index contributed by atoms with van der Waals surface area (Å²) in [7, 11) is 0. The van der Waals surface area contributed by atoms with Crippen LogP contribution in [0.1, 0.15) is 43.1 Å². The molecule has 0 saturated carbocycles. The van der Waals surface area contributed by atoms with Gasteiger partial charge in [0, 0.05) is 36.3 Å². The summed E-state index contributed by atoms with van der Waals surface area (Å²) >= 11 is 0. The van der Waals surface area contributed by atoms with E-state index >= 15 is 0 Å². The third kappa shape index (κ3) is 4.39. The Balaban J connectivity index is 1.49. The van der Waals surface area contributed by atoms with E-state index in [2.05, 4.69) is 26.0 Å². The number of carbonyl (C=O) groups is 2. The molecular weight excluding hydrogens is 448 g/mol. The molecule has 1 atom stereocenters. The molecule has 6 heteroatoms. The fourth-order valence-electron chi connectivity index (χ4n) is 5.13. The third-order valence-corrected chi connectivity index (χ3v) is 7.09. The number of imidazole rings is 1. The molecule has 0 unspecified atom stereocenters. The van der Waals surface area contributed by atoms with Crippen LogP contribution < -0.4 is 9.80 Å². The van der Waals surface area contributed by atoms with E-state index in [0.717, 1.165) is 33.8 Å². The van der Waals surface area contributed by atoms with Crippen molar-refractivity contribution in [3.05, 3.63) is 89.7 Å². The number of hydrogen-bond donors (Lipinski definition) is 0. The van der Waals surface area contributed by atoms with Crippen molar-refractivity contribution < 1.29 is 9.59 Å². The molecule has 184 valence electrons. The van der Waals surface area contributed by atoms with Gasteiger partial charge in [0.25, 0.3) is 0 Å². The molecule has 5 rings (SSSR count). The maximum atomic E-state index is 13.7. The molecule has 4 aromatic rings. The SMILES string of the molecule is Cc1ccc(N2C[C@@H](c3nc4ccccc4n3CC(=O)N(c3ccccc3)C(C)C)CC2=O)cc1C. The van der Waals surface area contributed by atoms with Gasteiger partial charge in [-0.25, -0.2) is 4.98 Å². The minimum absolute atomic E-state index is 0.00376. The molecule has 0 N–H and O–H groups in total. The maximum Gasteiger partial charge on any atom is 0.247 e. The molecule has 1 saturated heterocycles. The molecule has 0 radical (unpaired) electrons. The van der Waals surface area contributed by atoms with Crippen molar-refractivity contribution in [2.24, 2.45) is 0 Å². The molecule has 1 fully saturated rings. The molecule has 0 bridgehead atoms. The van der Waals surface area contributed by atoms with Crippen LogP contribution in [-0.2, 0) is 16.1 Å². The largest absolute Gasteiger partial charge is 0.318 e. The van der Waals surface area contributed by atoms with Crippen LogP contribution in [0.5, 0.6) is 0 Å². The number of para-hydroxylation sites is 3. The van der Waals surface area contributed by atoms with Gasteiger partial charge < -0.3 is 14.4 Å². The standard InChI is InChI=1S/C30H32N4O2/c1-20(2)34(24-10-6-5-7-11-24)29(36)19-33-27-13-9-8-12-26(27)31-30(33)23-17-28(35)32(18-23)25-15-14-21(3)22(4)16-25/h5-16,20,23H,17-19H2,1-4H3/t23-/m0/s1. The van der Waals surface area contributed by atoms with Gasteiger partial charge in [-0.3, -0.25) is 9.59 Å². The van der Waals surface area contributed by atoms with Crippen LogP contribution >= 0.6 is 0 Å². The van der Waals surface area contributed by atoms with Gasteiger partial charge in [-0.1, -0.05) is 36.4 Å². The normalized spacial score (nSPS) is 15.8. The van der Waals surface area contributed by atoms with Crippen LogP contribution in [0.2, 0.25) is 0 Å². The van der Waals surface area contributed by atoms with E-state index in [1.807, 2.05) is 88.9 Å². The molecule has 6 nitrogen and oxygen atoms in total. The summed E-state index contributed by atoms with van der Waals surface area (Å²) in [6.45, 7) is 8.89. The predicted molar refractivity (Wildman–Crippen MR) is 144 cm³/mol. The highest BCUT2D eigenvalue weighted by Crippen LogP contribution is 2.34. The molecule has 2 heterocycles. The molecule has 0 spiro atoms. The van der Waals surface area contributed by atoms with Crippen LogP contribution in [-0.4, -0.2) is 34.0 Å². The van der Waals surface area contributed by atoms with Gasteiger partial charge in [-0.2, -0.15) is 0 Å². The second-order valence-electron chi connectivity index (χ2n) is 9.91. The van der Waals surface area contributed by atoms with Gasteiger partial charge in [0.05, 0.1) is 11.0 Å². The van der Waals surface area contributed by atoms with Crippen LogP contribution in [0.25, 0.3) is 11.0 Å². The number of benzene rings is 3. The third-order valence-electron chi connectivity index (χ3n) is 7.09. The number of hydrogen-bond acceptors (Lipinski definition) is 3. The summed E-state index contributed by atoms with van der Waals surface area (Å²) in [5.74, 6) is 0.779. The summed E-state index contributed by atoms with van der Waals surface area (Å²) in [5.41, 5.74) is 5.91. The topological polar surface area (TPSA) is 58.4 Å². The second kappa shape index (κ2) is 9.61. The first kappa shape index (κ1) is 23.8. The lowest BCUT2D eigenvalue weighted by atomic mass is 10.1. The Morgan fingerprint density at radius 1 is 1.00 bits per heavy atom. The zero-order chi connectivity index (χ0) is 25.4. The van der Waals surface area contributed by atoms with Gasteiger partial charge in [0.15, 0.2) is 0 Å². The van der Waals surface area contributed by atoms with E-state index in [1.165, 1.54) is 5.56 Å². The van der Waals surface area contributed by atoms with Gasteiger partial charge in [-0.05, 0) is 75.2 Å². The Morgan fingerprint density at radius 2 is 1.72 bits per heavy atom. The molecule has 1 aliphatic heterocycles. The molecule has 2 amide bonds. The Bertz CT molecular complexity index is 1420. The van der Waals surface area contributed by atoms with E-state index < -0.39 is 0 Å². The molecular formula is C30H32N4O2. The molecule has 1 aliphatic rings. The lowest BCUT2D eigenvalue weighted by Gasteiger charge is -2.28. The first-order chi connectivity index (χ1) is 17.3. The van der Waals surface area contributed by atoms with E-state index in [9.17, 15) is 9.59 Å². The van der Waals surface area contributed by atoms with Gasteiger partial charge in [0.2, 0.25) is 11.8 Å². The number of nitrogens with zero attached hydrogens (tertiary/aromatic N) is 4. The van der Waals surface area contributed by atoms with Crippen LogP contribution in [0.4, 0.5) is 11.4 Å². The first-order valence-electron chi connectivity index (χ1n) is 12.5. The first-order valence-corrected chi connectivity index (χ1v) is 12.5. The van der Waals surface area contributed by atoms with Gasteiger partial charge in [0.1, 0.15) is 12.4 Å². The van der Waals surface area contributed by atoms with Crippen LogP contribution in [0, 0.1) is 13.8 Å². The quantitative estimate of drug-likeness (QED) is 0.360. The Morgan fingerprint density at radius 3 is 2.44 bits per heavy atom. The highest BCUT2D eigenvalue weighted by atomic mass is 16.2. The molecule has 3 aromatic carbocycles. The Labute approximate surface area is 212 Å². The smallest absolute Gasteiger partial charge is 0.247 e. The predicted octanol–water partition coefficient (Wildman–Crippen LogP) is 5.62. The van der Waals surface area contributed by atoms with Crippen molar-refractivity contribution in [2.45, 2.75) is 52.6 Å². The van der Waals surface area contributed by atoms with Crippen molar-refractivity contribution >= 4 is 34.2 Å². The van der Waals surface area contributed by atoms with Gasteiger partial charge in [-0.15, -0.1) is 0 Å². The van der Waals surface area contributed by atoms with Crippen LogP contribution in [0.3, 0.4) is 0 Å². The summed E-state index contributed by atoms with van der Waals surface area (Å²) < 4.78 is 2.01. The average molecular weight is 481 g/mol. The number of fused-ring (bicyclic) bond motifs is 1. The fourth-order valence-corrected chi connectivity index (χ4v) is 5.13. The number of carbonyl (C=O) groups excluding carboxylic acids is 2. The fraction of sp³-hybridized carbons (Fsp3) is 0.300. The van der Waals surface area contributed by atoms with Crippen molar-refractivity contribution in [3.8, 4) is 0 Å². The average Bonchev–Trinajstić information content (AvgIpc) is 3.42. The minimum atomic E-state index is -0.0939. The lowest BCUT2D eigenvalue weighted by Crippen LogP contribution is -2.39. The van der Waals surface area contributed by atoms with Crippen LogP contribution in [0.15, 0.2) is 72.8 Å². The van der Waals surface area contributed by atoms with E-state index in [-0.39, 0.29) is 30.3 Å². The highest BCUT2D eigenvalue weighted by Gasteiger charge is 2.35. The van der Waals surface area contributed by atoms with E-state index in [4.69, 9.17) is 4.98 Å². The zero-order valence-corrected chi connectivity index (χ0v) is 21.3. The highest BCUT2D eigenvalue weighted by molar-refractivity contribution is 5.97. The lowest BCUT2D eigenvalue weighted by molar-refractivity contribution is -0.119. The minimum Gasteiger partial charge on any atom is -0.318 e. The summed E-state index contributed by atoms with van der Waals surface area (Å²) in [4.78, 5) is 35.4. The van der Waals surface area contributed by atoms with Crippen molar-refractivity contribution in [1.29, 1.82) is 0 Å². The molecule has 0 aliphatic carbocycles. The monoisotopic (exact) mass is 480 g/mol. The zero-order valence-electron chi connectivity index (χ0n) is 21.3. The van der Waals surface area contributed by atoms with Gasteiger partial charge >= 0.3 is 0 Å².